The van der Waals surface area contributed by atoms with Crippen LogP contribution in [0.3, 0.4) is 0 Å². The van der Waals surface area contributed by atoms with Gasteiger partial charge in [0.15, 0.2) is 0 Å². The van der Waals surface area contributed by atoms with E-state index in [0.29, 0.717) is 11.3 Å². The number of nitrogens with zero attached hydrogens (tertiary/aromatic N) is 1. The predicted octanol–water partition coefficient (Wildman–Crippen LogP) is 4.76. The molecule has 0 spiro atoms. The van der Waals surface area contributed by atoms with E-state index in [0.717, 1.165) is 5.56 Å². The minimum Gasteiger partial charge on any atom is -0.507 e. The van der Waals surface area contributed by atoms with Gasteiger partial charge in [0.1, 0.15) is 11.6 Å². The molecular formula is C24H18FNO3. The lowest BCUT2D eigenvalue weighted by Crippen LogP contribution is -2.29. The van der Waals surface area contributed by atoms with Gasteiger partial charge in [0, 0.05) is 16.8 Å². The van der Waals surface area contributed by atoms with Crippen molar-refractivity contribution in [3.8, 4) is 0 Å². The zero-order valence-electron chi connectivity index (χ0n) is 15.7. The number of rotatable bonds is 3. The molecule has 1 aliphatic heterocycles. The normalized spacial score (nSPS) is 18.3. The van der Waals surface area contributed by atoms with Crippen molar-refractivity contribution in [3.05, 3.63) is 107 Å². The summed E-state index contributed by atoms with van der Waals surface area (Å²) in [5, 5.41) is 10.9. The van der Waals surface area contributed by atoms with Gasteiger partial charge in [-0.25, -0.2) is 4.39 Å². The minimum atomic E-state index is -1.07. The summed E-state index contributed by atoms with van der Waals surface area (Å²) in [7, 11) is 0. The molecule has 0 aliphatic carbocycles. The molecule has 1 saturated heterocycles. The van der Waals surface area contributed by atoms with E-state index in [1.807, 2.05) is 13.0 Å². The van der Waals surface area contributed by atoms with Crippen molar-refractivity contribution < 1.29 is 19.1 Å². The van der Waals surface area contributed by atoms with Gasteiger partial charge in [0.2, 0.25) is 0 Å². The molecule has 1 N–H and O–H groups in total. The number of ketones is 1. The number of benzene rings is 3. The molecule has 1 amide bonds. The monoisotopic (exact) mass is 387 g/mol. The van der Waals surface area contributed by atoms with E-state index in [4.69, 9.17) is 0 Å². The fourth-order valence-electron chi connectivity index (χ4n) is 3.62. The molecule has 0 aromatic heterocycles. The largest absolute Gasteiger partial charge is 0.507 e. The van der Waals surface area contributed by atoms with E-state index in [-0.39, 0.29) is 16.9 Å². The lowest BCUT2D eigenvalue weighted by molar-refractivity contribution is -0.132. The van der Waals surface area contributed by atoms with Crippen molar-refractivity contribution >= 4 is 23.1 Å². The van der Waals surface area contributed by atoms with Gasteiger partial charge in [0.05, 0.1) is 11.6 Å². The van der Waals surface area contributed by atoms with E-state index in [2.05, 4.69) is 0 Å². The number of aliphatic hydroxyl groups excluding tert-OH is 1. The van der Waals surface area contributed by atoms with Gasteiger partial charge in [-0.1, -0.05) is 60.7 Å². The van der Waals surface area contributed by atoms with Crippen LogP contribution < -0.4 is 4.90 Å². The predicted molar refractivity (Wildman–Crippen MR) is 109 cm³/mol. The van der Waals surface area contributed by atoms with Gasteiger partial charge < -0.3 is 5.11 Å². The maximum atomic E-state index is 14.7. The highest BCUT2D eigenvalue weighted by Crippen LogP contribution is 2.42. The number of amides is 1. The molecule has 4 nitrogen and oxygen atoms in total. The molecule has 4 rings (SSSR count). The molecule has 1 fully saturated rings. The van der Waals surface area contributed by atoms with Gasteiger partial charge >= 0.3 is 0 Å². The second kappa shape index (κ2) is 7.36. The number of aliphatic hydroxyl groups is 1. The van der Waals surface area contributed by atoms with Crippen LogP contribution in [0.15, 0.2) is 84.4 Å². The highest BCUT2D eigenvalue weighted by Gasteiger charge is 2.47. The summed E-state index contributed by atoms with van der Waals surface area (Å²) in [5.41, 5.74) is 1.75. The Morgan fingerprint density at radius 3 is 2.31 bits per heavy atom. The molecule has 0 radical (unpaired) electrons. The number of halogens is 1. The Bertz CT molecular complexity index is 1140. The summed E-state index contributed by atoms with van der Waals surface area (Å²) in [6.07, 6.45) is 0. The molecule has 1 unspecified atom stereocenters. The zero-order valence-corrected chi connectivity index (χ0v) is 15.7. The van der Waals surface area contributed by atoms with Crippen molar-refractivity contribution in [2.75, 3.05) is 4.90 Å². The maximum Gasteiger partial charge on any atom is 0.300 e. The zero-order chi connectivity index (χ0) is 20.5. The third kappa shape index (κ3) is 3.21. The van der Waals surface area contributed by atoms with Crippen LogP contribution in [0.25, 0.3) is 5.76 Å². The van der Waals surface area contributed by atoms with E-state index in [9.17, 15) is 19.1 Å². The van der Waals surface area contributed by atoms with Crippen LogP contribution in [-0.4, -0.2) is 16.8 Å². The van der Waals surface area contributed by atoms with Crippen molar-refractivity contribution in [1.29, 1.82) is 0 Å². The van der Waals surface area contributed by atoms with Crippen LogP contribution in [0.1, 0.15) is 22.7 Å². The molecule has 29 heavy (non-hydrogen) atoms. The van der Waals surface area contributed by atoms with Crippen LogP contribution in [0, 0.1) is 12.7 Å². The molecule has 3 aromatic carbocycles. The van der Waals surface area contributed by atoms with Crippen molar-refractivity contribution in [3.63, 3.8) is 0 Å². The maximum absolute atomic E-state index is 14.7. The number of carbonyl (C=O) groups is 2. The van der Waals surface area contributed by atoms with Gasteiger partial charge in [-0.2, -0.15) is 0 Å². The Balaban J connectivity index is 1.99. The Hall–Kier alpha value is -3.73. The number of Topliss-reactive ketones (excluding diaryl/α,β-unsaturated/α-hetero) is 1. The Kier molecular flexibility index (Phi) is 4.72. The number of carbonyl (C=O) groups excluding carboxylic acids is 2. The van der Waals surface area contributed by atoms with E-state index >= 15 is 0 Å². The summed E-state index contributed by atoms with van der Waals surface area (Å²) in [6.45, 7) is 1.86. The lowest BCUT2D eigenvalue weighted by atomic mass is 9.94. The first kappa shape index (κ1) is 18.6. The Morgan fingerprint density at radius 1 is 0.931 bits per heavy atom. The number of hydrogen-bond acceptors (Lipinski definition) is 3. The van der Waals surface area contributed by atoms with Crippen LogP contribution in [0.4, 0.5) is 10.1 Å². The topological polar surface area (TPSA) is 57.6 Å². The van der Waals surface area contributed by atoms with E-state index in [1.54, 1.807) is 54.6 Å². The van der Waals surface area contributed by atoms with Gasteiger partial charge in [-0.15, -0.1) is 0 Å². The molecule has 0 saturated carbocycles. The number of hydrogen-bond donors (Lipinski definition) is 1. The van der Waals surface area contributed by atoms with Crippen LogP contribution in [0.2, 0.25) is 0 Å². The van der Waals surface area contributed by atoms with Gasteiger partial charge in [-0.05, 0) is 30.7 Å². The smallest absolute Gasteiger partial charge is 0.300 e. The van der Waals surface area contributed by atoms with Crippen molar-refractivity contribution in [2.45, 2.75) is 13.0 Å². The second-order valence-corrected chi connectivity index (χ2v) is 6.90. The van der Waals surface area contributed by atoms with E-state index in [1.165, 1.54) is 23.1 Å². The number of aryl methyl sites for hydroxylation is 1. The third-order valence-electron chi connectivity index (χ3n) is 4.97. The quantitative estimate of drug-likeness (QED) is 0.400. The average Bonchev–Trinajstić information content (AvgIpc) is 2.99. The molecule has 0 bridgehead atoms. The Labute approximate surface area is 167 Å². The second-order valence-electron chi connectivity index (χ2n) is 6.90. The first-order chi connectivity index (χ1) is 14.0. The van der Waals surface area contributed by atoms with Gasteiger partial charge in [-0.3, -0.25) is 14.5 Å². The van der Waals surface area contributed by atoms with Crippen LogP contribution in [0.5, 0.6) is 0 Å². The van der Waals surface area contributed by atoms with Crippen LogP contribution >= 0.6 is 0 Å². The third-order valence-corrected chi connectivity index (χ3v) is 4.97. The highest BCUT2D eigenvalue weighted by molar-refractivity contribution is 6.51. The fourth-order valence-corrected chi connectivity index (χ4v) is 3.62. The molecule has 3 aromatic rings. The van der Waals surface area contributed by atoms with E-state index < -0.39 is 23.5 Å². The molecule has 1 aliphatic rings. The summed E-state index contributed by atoms with van der Waals surface area (Å²) < 4.78 is 14.7. The first-order valence-electron chi connectivity index (χ1n) is 9.16. The van der Waals surface area contributed by atoms with Crippen molar-refractivity contribution in [2.24, 2.45) is 0 Å². The minimum absolute atomic E-state index is 0.132. The summed E-state index contributed by atoms with van der Waals surface area (Å²) >= 11 is 0. The molecule has 5 heteroatoms. The molecular weight excluding hydrogens is 369 g/mol. The summed E-state index contributed by atoms with van der Waals surface area (Å²) in [5.74, 6) is -2.54. The fraction of sp³-hybridized carbons (Fsp3) is 0.0833. The lowest BCUT2D eigenvalue weighted by Gasteiger charge is -2.26. The standard InChI is InChI=1S/C24H18FNO3/c1-15-8-7-11-17(14-15)26-21(18-12-5-6-13-19(18)25)20(23(28)24(26)29)22(27)16-9-3-2-4-10-16/h2-14,21,27H,1H3. The average molecular weight is 387 g/mol. The molecule has 1 heterocycles. The summed E-state index contributed by atoms with van der Waals surface area (Å²) in [6, 6.07) is 20.4. The number of anilines is 1. The molecule has 1 atom stereocenters. The van der Waals surface area contributed by atoms with Gasteiger partial charge in [0.25, 0.3) is 11.7 Å². The SMILES string of the molecule is Cc1cccc(N2C(=O)C(=O)C(=C(O)c3ccccc3)C2c2ccccc2F)c1. The van der Waals surface area contributed by atoms with Crippen molar-refractivity contribution in [1.82, 2.24) is 0 Å². The highest BCUT2D eigenvalue weighted by atomic mass is 19.1. The summed E-state index contributed by atoms with van der Waals surface area (Å²) in [4.78, 5) is 27.2. The van der Waals surface area contributed by atoms with Crippen LogP contribution in [-0.2, 0) is 9.59 Å². The first-order valence-corrected chi connectivity index (χ1v) is 9.16. The molecule has 144 valence electrons. The Morgan fingerprint density at radius 2 is 1.62 bits per heavy atom.